The summed E-state index contributed by atoms with van der Waals surface area (Å²) < 4.78 is 5.21. The largest absolute Gasteiger partial charge is 0.384 e. The van der Waals surface area contributed by atoms with Gasteiger partial charge in [-0.25, -0.2) is 0 Å². The molecule has 132 valence electrons. The molecule has 1 amide bonds. The molecule has 1 heterocycles. The molecule has 3 rings (SSSR count). The Morgan fingerprint density at radius 1 is 1.29 bits per heavy atom. The average Bonchev–Trinajstić information content (AvgIpc) is 3.32. The Morgan fingerprint density at radius 2 is 2.00 bits per heavy atom. The van der Waals surface area contributed by atoms with Crippen LogP contribution < -0.4 is 11.1 Å². The number of nitrogens with zero attached hydrogens (tertiary/aromatic N) is 1. The van der Waals surface area contributed by atoms with Crippen LogP contribution in [0.4, 0.5) is 0 Å². The van der Waals surface area contributed by atoms with Crippen molar-refractivity contribution >= 4 is 11.7 Å². The van der Waals surface area contributed by atoms with Gasteiger partial charge in [-0.2, -0.15) is 0 Å². The molecular formula is C17H25N3O4. The Balaban J connectivity index is 1.43. The molecule has 0 saturated heterocycles. The molecular weight excluding hydrogens is 310 g/mol. The van der Waals surface area contributed by atoms with Crippen LogP contribution in [0, 0.1) is 5.92 Å². The number of Topliss-reactive ketones (excluding diaryl/α,β-unsaturated/α-hetero) is 1. The highest BCUT2D eigenvalue weighted by Gasteiger charge is 2.30. The fourth-order valence-corrected chi connectivity index (χ4v) is 3.28. The van der Waals surface area contributed by atoms with Crippen molar-refractivity contribution in [2.75, 3.05) is 6.54 Å². The minimum atomic E-state index is -1.05. The quantitative estimate of drug-likeness (QED) is 0.687. The summed E-state index contributed by atoms with van der Waals surface area (Å²) >= 11 is 0. The summed E-state index contributed by atoms with van der Waals surface area (Å²) in [5.41, 5.74) is 5.65. The Labute approximate surface area is 141 Å². The zero-order valence-corrected chi connectivity index (χ0v) is 13.7. The topological polar surface area (TPSA) is 118 Å². The van der Waals surface area contributed by atoms with Crippen molar-refractivity contribution in [3.8, 4) is 0 Å². The van der Waals surface area contributed by atoms with E-state index in [1.807, 2.05) is 0 Å². The number of amides is 1. The van der Waals surface area contributed by atoms with E-state index in [1.54, 1.807) is 6.07 Å². The maximum atomic E-state index is 12.2. The maximum Gasteiger partial charge on any atom is 0.273 e. The third-order valence-electron chi connectivity index (χ3n) is 5.01. The minimum Gasteiger partial charge on any atom is -0.384 e. The number of aromatic nitrogens is 1. The van der Waals surface area contributed by atoms with E-state index < -0.39 is 6.10 Å². The van der Waals surface area contributed by atoms with Crippen molar-refractivity contribution in [3.63, 3.8) is 0 Å². The van der Waals surface area contributed by atoms with Crippen LogP contribution in [0.1, 0.15) is 67.1 Å². The molecule has 2 fully saturated rings. The molecule has 1 unspecified atom stereocenters. The fraction of sp³-hybridized carbons (Fsp3) is 0.706. The van der Waals surface area contributed by atoms with Crippen LogP contribution in [0.15, 0.2) is 10.6 Å². The Morgan fingerprint density at radius 3 is 2.62 bits per heavy atom. The van der Waals surface area contributed by atoms with Gasteiger partial charge in [-0.15, -0.1) is 0 Å². The van der Waals surface area contributed by atoms with Crippen molar-refractivity contribution < 1.29 is 19.2 Å². The zero-order chi connectivity index (χ0) is 17.1. The number of aliphatic hydroxyl groups is 1. The predicted octanol–water partition coefficient (Wildman–Crippen LogP) is 1.12. The predicted molar refractivity (Wildman–Crippen MR) is 86.4 cm³/mol. The van der Waals surface area contributed by atoms with Crippen LogP contribution in [0.25, 0.3) is 0 Å². The number of carbonyl (C=O) groups is 2. The molecule has 0 aromatic carbocycles. The Bertz CT molecular complexity index is 588. The average molecular weight is 335 g/mol. The molecule has 7 heteroatoms. The minimum absolute atomic E-state index is 0.0230. The lowest BCUT2D eigenvalue weighted by molar-refractivity contribution is -0.127. The molecule has 0 aliphatic heterocycles. The van der Waals surface area contributed by atoms with Crippen LogP contribution in [0.2, 0.25) is 0 Å². The first kappa shape index (κ1) is 17.1. The summed E-state index contributed by atoms with van der Waals surface area (Å²) in [6.45, 7) is -0.0230. The summed E-state index contributed by atoms with van der Waals surface area (Å²) in [6, 6.07) is 1.84. The van der Waals surface area contributed by atoms with Crippen molar-refractivity contribution in [1.82, 2.24) is 10.5 Å². The van der Waals surface area contributed by atoms with E-state index in [1.165, 1.54) is 0 Å². The van der Waals surface area contributed by atoms with Gasteiger partial charge in [-0.05, 0) is 44.4 Å². The van der Waals surface area contributed by atoms with Gasteiger partial charge < -0.3 is 20.7 Å². The van der Waals surface area contributed by atoms with Crippen molar-refractivity contribution in [2.24, 2.45) is 11.7 Å². The molecule has 0 bridgehead atoms. The molecule has 0 radical (unpaired) electrons. The summed E-state index contributed by atoms with van der Waals surface area (Å²) in [5.74, 6) is 1.14. The van der Waals surface area contributed by atoms with E-state index in [4.69, 9.17) is 10.3 Å². The Kier molecular flexibility index (Phi) is 5.30. The second kappa shape index (κ2) is 7.44. The van der Waals surface area contributed by atoms with Gasteiger partial charge in [0.05, 0.1) is 0 Å². The summed E-state index contributed by atoms with van der Waals surface area (Å²) in [7, 11) is 0. The van der Waals surface area contributed by atoms with E-state index in [0.717, 1.165) is 44.3 Å². The normalized spacial score (nSPS) is 25.2. The highest BCUT2D eigenvalue weighted by Crippen LogP contribution is 2.40. The van der Waals surface area contributed by atoms with E-state index >= 15 is 0 Å². The van der Waals surface area contributed by atoms with Crippen LogP contribution in [0.5, 0.6) is 0 Å². The van der Waals surface area contributed by atoms with Gasteiger partial charge in [0.15, 0.2) is 11.5 Å². The first-order valence-corrected chi connectivity index (χ1v) is 8.75. The SMILES string of the molecule is NCC(O)C(=O)CC1CCC(NC(=O)c2cc(C3CC3)on2)CC1. The van der Waals surface area contributed by atoms with Gasteiger partial charge in [0.1, 0.15) is 11.9 Å². The van der Waals surface area contributed by atoms with Crippen LogP contribution in [-0.2, 0) is 4.79 Å². The fourth-order valence-electron chi connectivity index (χ4n) is 3.28. The third-order valence-corrected chi connectivity index (χ3v) is 5.01. The summed E-state index contributed by atoms with van der Waals surface area (Å²) in [5, 5.41) is 16.3. The number of aliphatic hydroxyl groups excluding tert-OH is 1. The summed E-state index contributed by atoms with van der Waals surface area (Å²) in [6.07, 6.45) is 4.92. The second-order valence-electron chi connectivity index (χ2n) is 7.00. The van der Waals surface area contributed by atoms with E-state index in [0.29, 0.717) is 18.0 Å². The molecule has 24 heavy (non-hydrogen) atoms. The lowest BCUT2D eigenvalue weighted by Crippen LogP contribution is -2.38. The summed E-state index contributed by atoms with van der Waals surface area (Å²) in [4.78, 5) is 24.0. The first-order valence-electron chi connectivity index (χ1n) is 8.75. The monoisotopic (exact) mass is 335 g/mol. The van der Waals surface area contributed by atoms with E-state index in [-0.39, 0.29) is 30.2 Å². The highest BCUT2D eigenvalue weighted by molar-refractivity contribution is 5.92. The molecule has 7 nitrogen and oxygen atoms in total. The van der Waals surface area contributed by atoms with E-state index in [9.17, 15) is 14.7 Å². The maximum absolute atomic E-state index is 12.2. The lowest BCUT2D eigenvalue weighted by atomic mass is 9.82. The smallest absolute Gasteiger partial charge is 0.273 e. The van der Waals surface area contributed by atoms with Crippen molar-refractivity contribution in [2.45, 2.75) is 63.0 Å². The molecule has 2 saturated carbocycles. The number of ketones is 1. The van der Waals surface area contributed by atoms with Crippen LogP contribution in [-0.4, -0.2) is 40.6 Å². The van der Waals surface area contributed by atoms with Gasteiger partial charge in [-0.1, -0.05) is 5.16 Å². The van der Waals surface area contributed by atoms with Crippen LogP contribution in [0.3, 0.4) is 0 Å². The van der Waals surface area contributed by atoms with Crippen molar-refractivity contribution in [3.05, 3.63) is 17.5 Å². The number of hydrogen-bond acceptors (Lipinski definition) is 6. The van der Waals surface area contributed by atoms with Gasteiger partial charge in [-0.3, -0.25) is 9.59 Å². The molecule has 1 aromatic heterocycles. The molecule has 1 aromatic rings. The number of rotatable bonds is 7. The standard InChI is InChI=1S/C17H25N3O4/c18-9-15(22)14(21)7-10-1-5-12(6-2-10)19-17(23)13-8-16(24-20-13)11-3-4-11/h8,10-12,15,22H,1-7,9,18H2,(H,19,23). The third kappa shape index (κ3) is 4.21. The number of nitrogens with one attached hydrogen (secondary N) is 1. The second-order valence-corrected chi connectivity index (χ2v) is 7.00. The highest BCUT2D eigenvalue weighted by atomic mass is 16.5. The molecule has 4 N–H and O–H groups in total. The molecule has 0 spiro atoms. The zero-order valence-electron chi connectivity index (χ0n) is 13.7. The van der Waals surface area contributed by atoms with Gasteiger partial charge in [0, 0.05) is 31.0 Å². The lowest BCUT2D eigenvalue weighted by Gasteiger charge is -2.28. The number of nitrogens with two attached hydrogens (primary N) is 1. The number of carbonyl (C=O) groups excluding carboxylic acids is 2. The Hall–Kier alpha value is -1.73. The molecule has 2 aliphatic carbocycles. The number of hydrogen-bond donors (Lipinski definition) is 3. The van der Waals surface area contributed by atoms with Gasteiger partial charge in [0.25, 0.3) is 5.91 Å². The molecule has 1 atom stereocenters. The van der Waals surface area contributed by atoms with Gasteiger partial charge in [0.2, 0.25) is 0 Å². The van der Waals surface area contributed by atoms with Crippen LogP contribution >= 0.6 is 0 Å². The molecule has 2 aliphatic rings. The van der Waals surface area contributed by atoms with Crippen molar-refractivity contribution in [1.29, 1.82) is 0 Å². The first-order chi connectivity index (χ1) is 11.6. The van der Waals surface area contributed by atoms with Gasteiger partial charge >= 0.3 is 0 Å². The van der Waals surface area contributed by atoms with E-state index in [2.05, 4.69) is 10.5 Å².